The third kappa shape index (κ3) is 3.31. The Bertz CT molecular complexity index is 465. The fourth-order valence-corrected chi connectivity index (χ4v) is 3.61. The number of hydrogen-bond donors (Lipinski definition) is 3. The molecule has 1 aromatic rings. The minimum absolute atomic E-state index is 0.167. The van der Waals surface area contributed by atoms with Gasteiger partial charge in [-0.2, -0.15) is 0 Å². The van der Waals surface area contributed by atoms with Crippen LogP contribution in [0.5, 0.6) is 5.75 Å². The zero-order valence-electron chi connectivity index (χ0n) is 12.2. The summed E-state index contributed by atoms with van der Waals surface area (Å²) in [6, 6.07) is 8.09. The molecular formula is C16H24N2O3. The van der Waals surface area contributed by atoms with Crippen molar-refractivity contribution >= 4 is 5.69 Å². The van der Waals surface area contributed by atoms with E-state index in [1.807, 2.05) is 24.3 Å². The molecule has 21 heavy (non-hydrogen) atoms. The zero-order chi connectivity index (χ0) is 14.8. The second-order valence-corrected chi connectivity index (χ2v) is 6.24. The van der Waals surface area contributed by atoms with Gasteiger partial charge in [0.05, 0.1) is 12.7 Å². The van der Waals surface area contributed by atoms with Gasteiger partial charge >= 0.3 is 0 Å². The number of nitrogen functional groups attached to an aromatic ring is 1. The molecule has 2 aliphatic rings. The topological polar surface area (TPSA) is 79.0 Å². The molecule has 1 heterocycles. The lowest BCUT2D eigenvalue weighted by Gasteiger charge is -2.29. The number of aliphatic hydroxyl groups excluding tert-OH is 2. The number of rotatable bonds is 5. The summed E-state index contributed by atoms with van der Waals surface area (Å²) in [5.41, 5.74) is 6.44. The molecule has 5 nitrogen and oxygen atoms in total. The Morgan fingerprint density at radius 1 is 1.29 bits per heavy atom. The van der Waals surface area contributed by atoms with Gasteiger partial charge in [0, 0.05) is 30.7 Å². The van der Waals surface area contributed by atoms with Gasteiger partial charge in [-0.1, -0.05) is 0 Å². The third-order valence-electron chi connectivity index (χ3n) is 4.69. The summed E-state index contributed by atoms with van der Waals surface area (Å²) in [5.74, 6) is 1.38. The SMILES string of the molecule is Nc1ccc(OC2CCC3CC2CN3CC(O)CO)cc1. The van der Waals surface area contributed by atoms with Crippen LogP contribution in [0.2, 0.25) is 0 Å². The van der Waals surface area contributed by atoms with E-state index in [2.05, 4.69) is 4.90 Å². The van der Waals surface area contributed by atoms with E-state index in [4.69, 9.17) is 15.6 Å². The van der Waals surface area contributed by atoms with Crippen LogP contribution in [0.1, 0.15) is 19.3 Å². The lowest BCUT2D eigenvalue weighted by atomic mass is 9.87. The van der Waals surface area contributed by atoms with E-state index in [-0.39, 0.29) is 12.7 Å². The molecule has 1 aromatic carbocycles. The molecule has 1 aliphatic heterocycles. The fourth-order valence-electron chi connectivity index (χ4n) is 3.61. The van der Waals surface area contributed by atoms with Crippen molar-refractivity contribution in [3.63, 3.8) is 0 Å². The van der Waals surface area contributed by atoms with Crippen LogP contribution in [0, 0.1) is 5.92 Å². The quantitative estimate of drug-likeness (QED) is 0.701. The number of fused-ring (bicyclic) bond motifs is 2. The van der Waals surface area contributed by atoms with Crippen LogP contribution in [0.25, 0.3) is 0 Å². The average Bonchev–Trinajstić information content (AvgIpc) is 2.81. The highest BCUT2D eigenvalue weighted by Crippen LogP contribution is 2.37. The predicted octanol–water partition coefficient (Wildman–Crippen LogP) is 0.854. The highest BCUT2D eigenvalue weighted by molar-refractivity contribution is 5.41. The van der Waals surface area contributed by atoms with Crippen LogP contribution in [-0.4, -0.2) is 53.1 Å². The van der Waals surface area contributed by atoms with Crippen LogP contribution in [0.4, 0.5) is 5.69 Å². The predicted molar refractivity (Wildman–Crippen MR) is 81.1 cm³/mol. The molecule has 1 saturated heterocycles. The van der Waals surface area contributed by atoms with E-state index in [0.29, 0.717) is 18.5 Å². The summed E-state index contributed by atoms with van der Waals surface area (Å²) >= 11 is 0. The normalized spacial score (nSPS) is 30.3. The number of benzene rings is 1. The van der Waals surface area contributed by atoms with Crippen molar-refractivity contribution in [3.05, 3.63) is 24.3 Å². The molecule has 0 spiro atoms. The van der Waals surface area contributed by atoms with Crippen LogP contribution in [0.3, 0.4) is 0 Å². The molecular weight excluding hydrogens is 268 g/mol. The molecule has 116 valence electrons. The van der Waals surface area contributed by atoms with E-state index in [1.165, 1.54) is 0 Å². The number of β-amino-alcohol motifs (C(OH)–C–C–N with tert-alkyl or cyclic N) is 1. The number of aliphatic hydroxyl groups is 2. The first-order valence-electron chi connectivity index (χ1n) is 7.71. The van der Waals surface area contributed by atoms with Crippen LogP contribution in [0.15, 0.2) is 24.3 Å². The maximum absolute atomic E-state index is 9.63. The van der Waals surface area contributed by atoms with Crippen LogP contribution < -0.4 is 10.5 Å². The Kier molecular flexibility index (Phi) is 4.33. The van der Waals surface area contributed by atoms with Gasteiger partial charge in [0.15, 0.2) is 0 Å². The average molecular weight is 292 g/mol. The molecule has 1 aliphatic carbocycles. The molecule has 3 rings (SSSR count). The summed E-state index contributed by atoms with van der Waals surface area (Å²) in [5, 5.41) is 18.6. The maximum Gasteiger partial charge on any atom is 0.119 e. The summed E-state index contributed by atoms with van der Waals surface area (Å²) in [7, 11) is 0. The van der Waals surface area contributed by atoms with Crippen molar-refractivity contribution in [2.45, 2.75) is 37.5 Å². The Hall–Kier alpha value is -1.30. The van der Waals surface area contributed by atoms with Crippen molar-refractivity contribution in [1.82, 2.24) is 4.90 Å². The Balaban J connectivity index is 1.59. The largest absolute Gasteiger partial charge is 0.490 e. The van der Waals surface area contributed by atoms with E-state index in [1.54, 1.807) is 0 Å². The number of ether oxygens (including phenoxy) is 1. The van der Waals surface area contributed by atoms with Gasteiger partial charge in [-0.25, -0.2) is 0 Å². The Morgan fingerprint density at radius 2 is 2.05 bits per heavy atom. The third-order valence-corrected chi connectivity index (χ3v) is 4.69. The van der Waals surface area contributed by atoms with Crippen molar-refractivity contribution in [2.75, 3.05) is 25.4 Å². The first-order chi connectivity index (χ1) is 10.2. The maximum atomic E-state index is 9.63. The smallest absolute Gasteiger partial charge is 0.119 e. The molecule has 5 heteroatoms. The van der Waals surface area contributed by atoms with E-state index in [0.717, 1.165) is 37.2 Å². The number of anilines is 1. The van der Waals surface area contributed by atoms with Gasteiger partial charge in [0.2, 0.25) is 0 Å². The zero-order valence-corrected chi connectivity index (χ0v) is 12.2. The summed E-state index contributed by atoms with van der Waals surface area (Å²) < 4.78 is 6.13. The monoisotopic (exact) mass is 292 g/mol. The van der Waals surface area contributed by atoms with Crippen molar-refractivity contribution < 1.29 is 14.9 Å². The summed E-state index contributed by atoms with van der Waals surface area (Å²) in [4.78, 5) is 2.30. The van der Waals surface area contributed by atoms with E-state index < -0.39 is 6.10 Å². The second kappa shape index (κ2) is 6.22. The lowest BCUT2D eigenvalue weighted by molar-refractivity contribution is 0.0546. The molecule has 0 aromatic heterocycles. The highest BCUT2D eigenvalue weighted by atomic mass is 16.5. The first-order valence-corrected chi connectivity index (χ1v) is 7.71. The van der Waals surface area contributed by atoms with Crippen molar-refractivity contribution in [3.8, 4) is 5.75 Å². The number of nitrogens with zero attached hydrogens (tertiary/aromatic N) is 1. The number of likely N-dealkylation sites (tertiary alicyclic amines) is 1. The second-order valence-electron chi connectivity index (χ2n) is 6.24. The van der Waals surface area contributed by atoms with Gasteiger partial charge in [-0.3, -0.25) is 4.90 Å². The minimum Gasteiger partial charge on any atom is -0.490 e. The summed E-state index contributed by atoms with van der Waals surface area (Å²) in [6.45, 7) is 1.34. The Labute approximate surface area is 125 Å². The highest BCUT2D eigenvalue weighted by Gasteiger charge is 2.42. The van der Waals surface area contributed by atoms with Gasteiger partial charge in [-0.15, -0.1) is 0 Å². The van der Waals surface area contributed by atoms with Gasteiger partial charge < -0.3 is 20.7 Å². The fraction of sp³-hybridized carbons (Fsp3) is 0.625. The molecule has 2 bridgehead atoms. The van der Waals surface area contributed by atoms with E-state index in [9.17, 15) is 5.11 Å². The summed E-state index contributed by atoms with van der Waals surface area (Å²) in [6.07, 6.45) is 2.86. The van der Waals surface area contributed by atoms with Crippen LogP contribution in [-0.2, 0) is 0 Å². The lowest BCUT2D eigenvalue weighted by Crippen LogP contribution is -2.37. The first kappa shape index (κ1) is 14.6. The molecule has 2 fully saturated rings. The van der Waals surface area contributed by atoms with Crippen molar-refractivity contribution in [1.29, 1.82) is 0 Å². The van der Waals surface area contributed by atoms with Gasteiger partial charge in [0.1, 0.15) is 11.9 Å². The Morgan fingerprint density at radius 3 is 2.76 bits per heavy atom. The van der Waals surface area contributed by atoms with Crippen molar-refractivity contribution in [2.24, 2.45) is 5.92 Å². The number of nitrogens with two attached hydrogens (primary N) is 1. The van der Waals surface area contributed by atoms with Gasteiger partial charge in [-0.05, 0) is 43.5 Å². The molecule has 0 radical (unpaired) electrons. The molecule has 1 saturated carbocycles. The van der Waals surface area contributed by atoms with E-state index >= 15 is 0 Å². The van der Waals surface area contributed by atoms with Gasteiger partial charge in [0.25, 0.3) is 0 Å². The molecule has 4 N–H and O–H groups in total. The van der Waals surface area contributed by atoms with Crippen LogP contribution >= 0.6 is 0 Å². The number of hydrogen-bond acceptors (Lipinski definition) is 5. The molecule has 4 atom stereocenters. The molecule has 4 unspecified atom stereocenters. The minimum atomic E-state index is -0.638. The standard InChI is InChI=1S/C16H24N2O3/c17-12-1-4-15(5-2-12)21-16-6-3-13-7-11(16)8-18(13)9-14(20)10-19/h1-2,4-5,11,13-14,16,19-20H,3,6-10,17H2. The molecule has 0 amide bonds.